The molecule has 0 N–H and O–H groups in total. The Kier molecular flexibility index (Phi) is 3.74. The number of nitrogens with zero attached hydrogens (tertiary/aromatic N) is 1. The molecule has 2 aromatic heterocycles. The molecule has 1 aliphatic rings. The fraction of sp³-hybridized carbons (Fsp3) is 0.133. The van der Waals surface area contributed by atoms with Crippen LogP contribution in [0.15, 0.2) is 29.6 Å². The van der Waals surface area contributed by atoms with E-state index in [4.69, 9.17) is 37.7 Å². The molecule has 0 unspecified atom stereocenters. The van der Waals surface area contributed by atoms with Crippen molar-refractivity contribution in [3.05, 3.63) is 39.0 Å². The third-order valence-corrected chi connectivity index (χ3v) is 5.79. The number of fused-ring (bicyclic) bond motifs is 1. The molecule has 0 bridgehead atoms. The molecular formula is C15H9Cl2NO2S2. The number of aromatic nitrogens is 1. The zero-order valence-corrected chi connectivity index (χ0v) is 14.3. The lowest BCUT2D eigenvalue weighted by atomic mass is 10.2. The number of halogens is 2. The Hall–Kier alpha value is -1.27. The second-order valence-corrected chi connectivity index (χ2v) is 7.52. The van der Waals surface area contributed by atoms with E-state index >= 15 is 0 Å². The first-order chi connectivity index (χ1) is 10.7. The van der Waals surface area contributed by atoms with Crippen molar-refractivity contribution in [1.82, 2.24) is 4.98 Å². The predicted octanol–water partition coefficient (Wildman–Crippen LogP) is 5.62. The monoisotopic (exact) mass is 369 g/mol. The maximum atomic E-state index is 6.23. The quantitative estimate of drug-likeness (QED) is 0.587. The fourth-order valence-corrected chi connectivity index (χ4v) is 4.52. The summed E-state index contributed by atoms with van der Waals surface area (Å²) in [5, 5.41) is 3.61. The SMILES string of the molecule is Clc1ccc(-c2csc(-c3sc(Cl)c4c3OCCO4)n2)cc1. The van der Waals surface area contributed by atoms with Gasteiger partial charge < -0.3 is 9.47 Å². The van der Waals surface area contributed by atoms with Gasteiger partial charge in [-0.2, -0.15) is 0 Å². The summed E-state index contributed by atoms with van der Waals surface area (Å²) in [4.78, 5) is 5.61. The molecule has 3 nitrogen and oxygen atoms in total. The summed E-state index contributed by atoms with van der Waals surface area (Å²) in [5.74, 6) is 1.34. The standard InChI is InChI=1S/C15H9Cl2NO2S2/c16-9-3-1-8(2-4-9)10-7-21-15(18-10)13-11-12(14(17)22-13)20-6-5-19-11/h1-4,7H,5-6H2. The summed E-state index contributed by atoms with van der Waals surface area (Å²) in [7, 11) is 0. The van der Waals surface area contributed by atoms with E-state index in [9.17, 15) is 0 Å². The Labute approximate surface area is 145 Å². The van der Waals surface area contributed by atoms with Crippen LogP contribution in [-0.4, -0.2) is 18.2 Å². The van der Waals surface area contributed by atoms with E-state index in [0.29, 0.717) is 34.1 Å². The summed E-state index contributed by atoms with van der Waals surface area (Å²) in [6.45, 7) is 1.05. The molecule has 3 heterocycles. The minimum atomic E-state index is 0.525. The molecule has 0 aliphatic carbocycles. The Morgan fingerprint density at radius 2 is 1.73 bits per heavy atom. The van der Waals surface area contributed by atoms with Gasteiger partial charge in [-0.05, 0) is 12.1 Å². The van der Waals surface area contributed by atoms with E-state index in [1.165, 1.54) is 11.3 Å². The van der Waals surface area contributed by atoms with E-state index in [1.54, 1.807) is 11.3 Å². The van der Waals surface area contributed by atoms with E-state index in [2.05, 4.69) is 0 Å². The Morgan fingerprint density at radius 3 is 2.50 bits per heavy atom. The highest BCUT2D eigenvalue weighted by molar-refractivity contribution is 7.24. The van der Waals surface area contributed by atoms with Gasteiger partial charge in [-0.15, -0.1) is 22.7 Å². The Balaban J connectivity index is 1.74. The molecule has 0 amide bonds. The second kappa shape index (κ2) is 5.74. The highest BCUT2D eigenvalue weighted by Gasteiger charge is 2.26. The molecule has 0 spiro atoms. The van der Waals surface area contributed by atoms with Crippen molar-refractivity contribution < 1.29 is 9.47 Å². The number of thiophene rings is 1. The fourth-order valence-electron chi connectivity index (χ4n) is 2.19. The lowest BCUT2D eigenvalue weighted by Crippen LogP contribution is -2.14. The maximum Gasteiger partial charge on any atom is 0.191 e. The Morgan fingerprint density at radius 1 is 1.00 bits per heavy atom. The smallest absolute Gasteiger partial charge is 0.191 e. The van der Waals surface area contributed by atoms with Crippen LogP contribution in [0.1, 0.15) is 0 Å². The van der Waals surface area contributed by atoms with Crippen molar-refractivity contribution in [2.24, 2.45) is 0 Å². The van der Waals surface area contributed by atoms with Crippen molar-refractivity contribution >= 4 is 45.9 Å². The van der Waals surface area contributed by atoms with Gasteiger partial charge in [-0.3, -0.25) is 0 Å². The average molecular weight is 370 g/mol. The Bertz CT molecular complexity index is 827. The summed E-state index contributed by atoms with van der Waals surface area (Å²) in [6, 6.07) is 7.63. The zero-order valence-electron chi connectivity index (χ0n) is 11.1. The van der Waals surface area contributed by atoms with Gasteiger partial charge in [-0.1, -0.05) is 35.3 Å². The number of hydrogen-bond donors (Lipinski definition) is 0. The van der Waals surface area contributed by atoms with Crippen LogP contribution in [-0.2, 0) is 0 Å². The van der Waals surface area contributed by atoms with Gasteiger partial charge >= 0.3 is 0 Å². The molecule has 1 aliphatic heterocycles. The largest absolute Gasteiger partial charge is 0.484 e. The summed E-state index contributed by atoms with van der Waals surface area (Å²) < 4.78 is 11.9. The van der Waals surface area contributed by atoms with Crippen LogP contribution in [0, 0.1) is 0 Å². The minimum Gasteiger partial charge on any atom is -0.484 e. The number of benzene rings is 1. The molecular weight excluding hydrogens is 361 g/mol. The molecule has 0 atom stereocenters. The first-order valence-corrected chi connectivity index (χ1v) is 8.97. The molecule has 4 rings (SSSR count). The van der Waals surface area contributed by atoms with E-state index in [1.807, 2.05) is 29.6 Å². The first kappa shape index (κ1) is 14.3. The number of rotatable bonds is 2. The van der Waals surface area contributed by atoms with Crippen molar-refractivity contribution in [3.63, 3.8) is 0 Å². The highest BCUT2D eigenvalue weighted by Crippen LogP contribution is 2.52. The topological polar surface area (TPSA) is 31.4 Å². The first-order valence-electron chi connectivity index (χ1n) is 6.52. The van der Waals surface area contributed by atoms with Crippen molar-refractivity contribution in [2.75, 3.05) is 13.2 Å². The normalized spacial score (nSPS) is 13.4. The summed E-state index contributed by atoms with van der Waals surface area (Å²) >= 11 is 15.1. The molecule has 0 radical (unpaired) electrons. The van der Waals surface area contributed by atoms with Crippen LogP contribution in [0.3, 0.4) is 0 Å². The summed E-state index contributed by atoms with van der Waals surface area (Å²) in [6.07, 6.45) is 0. The summed E-state index contributed by atoms with van der Waals surface area (Å²) in [5.41, 5.74) is 1.94. The molecule has 0 fully saturated rings. The van der Waals surface area contributed by atoms with Gasteiger partial charge in [0.15, 0.2) is 11.5 Å². The van der Waals surface area contributed by atoms with Crippen molar-refractivity contribution in [2.45, 2.75) is 0 Å². The van der Waals surface area contributed by atoms with Gasteiger partial charge in [-0.25, -0.2) is 4.98 Å². The third-order valence-electron chi connectivity index (χ3n) is 3.20. The number of hydrogen-bond acceptors (Lipinski definition) is 5. The van der Waals surface area contributed by atoms with E-state index < -0.39 is 0 Å². The van der Waals surface area contributed by atoms with Crippen molar-refractivity contribution in [1.29, 1.82) is 0 Å². The zero-order chi connectivity index (χ0) is 15.1. The third kappa shape index (κ3) is 2.48. The van der Waals surface area contributed by atoms with Gasteiger partial charge in [0.1, 0.15) is 27.4 Å². The van der Waals surface area contributed by atoms with E-state index in [-0.39, 0.29) is 0 Å². The minimum absolute atomic E-state index is 0.525. The van der Waals surface area contributed by atoms with Crippen LogP contribution in [0.5, 0.6) is 11.5 Å². The molecule has 1 aromatic carbocycles. The molecule has 0 saturated carbocycles. The van der Waals surface area contributed by atoms with Crippen LogP contribution < -0.4 is 9.47 Å². The van der Waals surface area contributed by atoms with Gasteiger partial charge in [0.25, 0.3) is 0 Å². The molecule has 7 heteroatoms. The lowest BCUT2D eigenvalue weighted by Gasteiger charge is -2.15. The predicted molar refractivity (Wildman–Crippen MR) is 91.9 cm³/mol. The van der Waals surface area contributed by atoms with Crippen LogP contribution in [0.25, 0.3) is 21.1 Å². The maximum absolute atomic E-state index is 6.23. The van der Waals surface area contributed by atoms with Crippen LogP contribution in [0.4, 0.5) is 0 Å². The highest BCUT2D eigenvalue weighted by atomic mass is 35.5. The molecule has 22 heavy (non-hydrogen) atoms. The van der Waals surface area contributed by atoms with Gasteiger partial charge in [0, 0.05) is 16.0 Å². The van der Waals surface area contributed by atoms with Crippen LogP contribution >= 0.6 is 45.9 Å². The van der Waals surface area contributed by atoms with Gasteiger partial charge in [0.2, 0.25) is 0 Å². The average Bonchev–Trinajstić information content (AvgIpc) is 3.14. The second-order valence-electron chi connectivity index (χ2n) is 4.60. The molecule has 3 aromatic rings. The molecule has 0 saturated heterocycles. The van der Waals surface area contributed by atoms with Crippen LogP contribution in [0.2, 0.25) is 9.36 Å². The number of ether oxygens (including phenoxy) is 2. The lowest BCUT2D eigenvalue weighted by molar-refractivity contribution is 0.174. The van der Waals surface area contributed by atoms with Crippen molar-refractivity contribution in [3.8, 4) is 32.6 Å². The number of thiazole rings is 1. The van der Waals surface area contributed by atoms with E-state index in [0.717, 1.165) is 21.1 Å². The molecule has 112 valence electrons. The van der Waals surface area contributed by atoms with Gasteiger partial charge in [0.05, 0.1) is 5.69 Å².